The van der Waals surface area contributed by atoms with E-state index in [1.54, 1.807) is 24.3 Å². The van der Waals surface area contributed by atoms with Crippen LogP contribution in [0.25, 0.3) is 23.3 Å². The second kappa shape index (κ2) is 6.93. The van der Waals surface area contributed by atoms with E-state index in [2.05, 4.69) is 0 Å². The van der Waals surface area contributed by atoms with Gasteiger partial charge in [0.25, 0.3) is 10.1 Å². The van der Waals surface area contributed by atoms with Gasteiger partial charge in [-0.25, -0.2) is 0 Å². The second-order valence-corrected chi connectivity index (χ2v) is 6.98. The Morgan fingerprint density at radius 2 is 1.44 bits per heavy atom. The van der Waals surface area contributed by atoms with E-state index >= 15 is 0 Å². The van der Waals surface area contributed by atoms with Gasteiger partial charge in [-0.2, -0.15) is 8.42 Å². The molecule has 0 bridgehead atoms. The van der Waals surface area contributed by atoms with E-state index in [4.69, 9.17) is 5.73 Å². The highest BCUT2D eigenvalue weighted by molar-refractivity contribution is 7.86. The van der Waals surface area contributed by atoms with Crippen LogP contribution < -0.4 is 5.73 Å². The van der Waals surface area contributed by atoms with Crippen molar-refractivity contribution in [2.75, 3.05) is 5.73 Å². The Balaban J connectivity index is 1.88. The van der Waals surface area contributed by atoms with Crippen molar-refractivity contribution in [3.63, 3.8) is 0 Å². The maximum Gasteiger partial charge on any atom is 0.295 e. The number of nitrogens with two attached hydrogens (primary N) is 1. The fraction of sp³-hybridized carbons (Fsp3) is 0. The summed E-state index contributed by atoms with van der Waals surface area (Å²) in [5.74, 6) is 0. The summed E-state index contributed by atoms with van der Waals surface area (Å²) >= 11 is 0. The van der Waals surface area contributed by atoms with Gasteiger partial charge in [0.2, 0.25) is 0 Å². The largest absolute Gasteiger partial charge is 0.399 e. The summed E-state index contributed by atoms with van der Waals surface area (Å²) in [7, 11) is -4.33. The molecule has 3 rings (SSSR count). The Hall–Kier alpha value is -2.89. The van der Waals surface area contributed by atoms with Crippen LogP contribution in [0.15, 0.2) is 77.7 Å². The third-order valence-corrected chi connectivity index (χ3v) is 4.70. The lowest BCUT2D eigenvalue weighted by Crippen LogP contribution is -2.02. The van der Waals surface area contributed by atoms with Crippen LogP contribution in [0.1, 0.15) is 11.1 Å². The van der Waals surface area contributed by atoms with Crippen LogP contribution in [0.5, 0.6) is 0 Å². The summed E-state index contributed by atoms with van der Waals surface area (Å²) in [6.07, 6.45) is 3.43. The SMILES string of the molecule is Nc1ccc(/C=C/c2ccc(-c3ccccc3)cc2)c(S(=O)(=O)O)c1. The summed E-state index contributed by atoms with van der Waals surface area (Å²) in [5.41, 5.74) is 9.40. The van der Waals surface area contributed by atoms with E-state index in [-0.39, 0.29) is 10.6 Å². The first-order valence-corrected chi connectivity index (χ1v) is 9.08. The summed E-state index contributed by atoms with van der Waals surface area (Å²) in [5, 5.41) is 0. The Bertz CT molecular complexity index is 1010. The van der Waals surface area contributed by atoms with E-state index in [0.717, 1.165) is 16.7 Å². The predicted molar refractivity (Wildman–Crippen MR) is 101 cm³/mol. The average molecular weight is 351 g/mol. The van der Waals surface area contributed by atoms with Crippen LogP contribution >= 0.6 is 0 Å². The van der Waals surface area contributed by atoms with Gasteiger partial charge in [0.05, 0.1) is 0 Å². The van der Waals surface area contributed by atoms with Gasteiger partial charge >= 0.3 is 0 Å². The lowest BCUT2D eigenvalue weighted by atomic mass is 10.0. The molecule has 0 aliphatic carbocycles. The molecular formula is C20H17NO3S. The Labute approximate surface area is 147 Å². The zero-order valence-electron chi connectivity index (χ0n) is 13.3. The maximum absolute atomic E-state index is 11.5. The highest BCUT2D eigenvalue weighted by Gasteiger charge is 2.14. The van der Waals surface area contributed by atoms with Crippen LogP contribution in [0.2, 0.25) is 0 Å². The van der Waals surface area contributed by atoms with Crippen LogP contribution in [0.4, 0.5) is 5.69 Å². The van der Waals surface area contributed by atoms with E-state index in [1.807, 2.05) is 54.6 Å². The Morgan fingerprint density at radius 1 is 0.800 bits per heavy atom. The smallest absolute Gasteiger partial charge is 0.295 e. The van der Waals surface area contributed by atoms with Crippen molar-refractivity contribution in [2.45, 2.75) is 4.90 Å². The molecule has 0 heterocycles. The molecule has 0 fully saturated rings. The van der Waals surface area contributed by atoms with Crippen LogP contribution in [0.3, 0.4) is 0 Å². The summed E-state index contributed by atoms with van der Waals surface area (Å²) in [6, 6.07) is 22.3. The third-order valence-electron chi connectivity index (χ3n) is 3.79. The van der Waals surface area contributed by atoms with Crippen LogP contribution in [-0.4, -0.2) is 13.0 Å². The Kier molecular flexibility index (Phi) is 4.70. The molecule has 0 radical (unpaired) electrons. The van der Waals surface area contributed by atoms with Gasteiger partial charge in [-0.1, -0.05) is 72.8 Å². The number of rotatable bonds is 4. The maximum atomic E-state index is 11.5. The fourth-order valence-electron chi connectivity index (χ4n) is 2.52. The minimum absolute atomic E-state index is 0.204. The minimum atomic E-state index is -4.33. The molecule has 0 unspecified atom stereocenters. The molecule has 5 heteroatoms. The Morgan fingerprint density at radius 3 is 2.08 bits per heavy atom. The average Bonchev–Trinajstić information content (AvgIpc) is 2.61. The van der Waals surface area contributed by atoms with Crippen molar-refractivity contribution in [1.29, 1.82) is 0 Å². The van der Waals surface area contributed by atoms with E-state index in [9.17, 15) is 13.0 Å². The van der Waals surface area contributed by atoms with Gasteiger partial charge in [-0.3, -0.25) is 4.55 Å². The normalized spacial score (nSPS) is 11.7. The molecule has 0 spiro atoms. The van der Waals surface area contributed by atoms with Gasteiger partial charge in [0.1, 0.15) is 4.90 Å². The molecule has 0 aliphatic rings. The van der Waals surface area contributed by atoms with E-state index in [0.29, 0.717) is 5.56 Å². The molecule has 3 aromatic rings. The molecular weight excluding hydrogens is 334 g/mol. The highest BCUT2D eigenvalue weighted by Crippen LogP contribution is 2.23. The van der Waals surface area contributed by atoms with Crippen molar-refractivity contribution in [3.05, 3.63) is 83.9 Å². The monoisotopic (exact) mass is 351 g/mol. The molecule has 0 saturated carbocycles. The summed E-state index contributed by atoms with van der Waals surface area (Å²) < 4.78 is 32.3. The van der Waals surface area contributed by atoms with Gasteiger partial charge < -0.3 is 5.73 Å². The highest BCUT2D eigenvalue weighted by atomic mass is 32.2. The van der Waals surface area contributed by atoms with Gasteiger partial charge in [-0.15, -0.1) is 0 Å². The first-order chi connectivity index (χ1) is 11.9. The minimum Gasteiger partial charge on any atom is -0.399 e. The van der Waals surface area contributed by atoms with Crippen molar-refractivity contribution in [2.24, 2.45) is 0 Å². The predicted octanol–water partition coefficient (Wildman–Crippen LogP) is 4.35. The summed E-state index contributed by atoms with van der Waals surface area (Å²) in [4.78, 5) is -0.204. The number of hydrogen-bond acceptors (Lipinski definition) is 3. The van der Waals surface area contributed by atoms with Gasteiger partial charge in [0, 0.05) is 5.69 Å². The number of nitrogen functional groups attached to an aromatic ring is 1. The molecule has 0 amide bonds. The molecule has 25 heavy (non-hydrogen) atoms. The first kappa shape index (κ1) is 17.0. The zero-order valence-corrected chi connectivity index (χ0v) is 14.1. The van der Waals surface area contributed by atoms with Crippen molar-refractivity contribution in [1.82, 2.24) is 0 Å². The molecule has 3 aromatic carbocycles. The zero-order chi connectivity index (χ0) is 17.9. The number of benzene rings is 3. The van der Waals surface area contributed by atoms with Crippen molar-refractivity contribution >= 4 is 28.0 Å². The molecule has 0 aromatic heterocycles. The molecule has 0 saturated heterocycles. The topological polar surface area (TPSA) is 80.4 Å². The molecule has 126 valence electrons. The van der Waals surface area contributed by atoms with E-state index < -0.39 is 10.1 Å². The fourth-order valence-corrected chi connectivity index (χ4v) is 3.23. The second-order valence-electron chi connectivity index (χ2n) is 5.59. The van der Waals surface area contributed by atoms with Gasteiger partial charge in [-0.05, 0) is 34.4 Å². The first-order valence-electron chi connectivity index (χ1n) is 7.64. The molecule has 0 atom stereocenters. The lowest BCUT2D eigenvalue weighted by molar-refractivity contribution is 0.483. The number of hydrogen-bond donors (Lipinski definition) is 2. The van der Waals surface area contributed by atoms with E-state index in [1.165, 1.54) is 6.07 Å². The quantitative estimate of drug-likeness (QED) is 0.416. The van der Waals surface area contributed by atoms with Crippen LogP contribution in [0, 0.1) is 0 Å². The molecule has 3 N–H and O–H groups in total. The number of anilines is 1. The van der Waals surface area contributed by atoms with Gasteiger partial charge in [0.15, 0.2) is 0 Å². The standard InChI is InChI=1S/C20H17NO3S/c21-19-13-12-18(20(14-19)25(22,23)24)11-8-15-6-9-17(10-7-15)16-4-2-1-3-5-16/h1-14H,21H2,(H,22,23,24)/b11-8+. The van der Waals surface area contributed by atoms with Crippen molar-refractivity contribution in [3.8, 4) is 11.1 Å². The third kappa shape index (κ3) is 4.15. The summed E-state index contributed by atoms with van der Waals surface area (Å²) in [6.45, 7) is 0. The lowest BCUT2D eigenvalue weighted by Gasteiger charge is -2.05. The molecule has 4 nitrogen and oxygen atoms in total. The van der Waals surface area contributed by atoms with Crippen LogP contribution in [-0.2, 0) is 10.1 Å². The van der Waals surface area contributed by atoms with Crippen molar-refractivity contribution < 1.29 is 13.0 Å². The molecule has 0 aliphatic heterocycles.